The van der Waals surface area contributed by atoms with Crippen molar-refractivity contribution in [3.8, 4) is 11.5 Å². The number of phenols is 2. The number of aromatic hydroxyl groups is 2. The van der Waals surface area contributed by atoms with E-state index in [1.165, 1.54) is 58.3 Å². The number of hydrogen-bond acceptors (Lipinski definition) is 12. The van der Waals surface area contributed by atoms with Crippen molar-refractivity contribution < 1.29 is 39.0 Å². The van der Waals surface area contributed by atoms with E-state index in [0.717, 1.165) is 23.5 Å². The van der Waals surface area contributed by atoms with E-state index in [2.05, 4.69) is 21.7 Å². The van der Waals surface area contributed by atoms with Gasteiger partial charge in [0.05, 0.1) is 9.81 Å². The normalized spacial score (nSPS) is 15.8. The average Bonchev–Trinajstić information content (AvgIpc) is 3.53. The highest BCUT2D eigenvalue weighted by Crippen LogP contribution is 2.42. The fourth-order valence-electron chi connectivity index (χ4n) is 4.74. The van der Waals surface area contributed by atoms with E-state index < -0.39 is 11.8 Å². The fraction of sp³-hybridized carbons (Fsp3) is 0.312. The minimum atomic E-state index is -0.560. The van der Waals surface area contributed by atoms with Crippen molar-refractivity contribution in [1.82, 2.24) is 31.5 Å². The molecule has 0 bridgehead atoms. The molecule has 2 fully saturated rings. The summed E-state index contributed by atoms with van der Waals surface area (Å²) in [4.78, 5) is 78.1. The van der Waals surface area contributed by atoms with Crippen LogP contribution in [0.2, 0.25) is 0 Å². The highest BCUT2D eigenvalue weighted by molar-refractivity contribution is 8.29. The lowest BCUT2D eigenvalue weighted by Gasteiger charge is -2.14. The molecule has 2 aliphatic heterocycles. The molecule has 6 N–H and O–H groups in total. The minimum Gasteiger partial charge on any atom is -0.508 e. The second-order valence-corrected chi connectivity index (χ2v) is 14.3. The Balaban J connectivity index is 1.12. The van der Waals surface area contributed by atoms with Crippen LogP contribution < -0.4 is 21.7 Å². The molecule has 6 amide bonds. The molecule has 0 radical (unpaired) electrons. The first-order valence-electron chi connectivity index (χ1n) is 15.5. The summed E-state index contributed by atoms with van der Waals surface area (Å²) in [6.07, 6.45) is 3.64. The number of amides is 6. The van der Waals surface area contributed by atoms with Crippen molar-refractivity contribution in [3.63, 3.8) is 0 Å². The van der Waals surface area contributed by atoms with Crippen LogP contribution >= 0.6 is 48.0 Å². The number of thiocarbonyl (C=S) groups is 2. The molecule has 2 aromatic rings. The Bertz CT molecular complexity index is 1610. The van der Waals surface area contributed by atoms with Gasteiger partial charge in [0.15, 0.2) is 0 Å². The zero-order chi connectivity index (χ0) is 36.2. The van der Waals surface area contributed by atoms with Crippen LogP contribution in [0.15, 0.2) is 58.3 Å². The van der Waals surface area contributed by atoms with Gasteiger partial charge in [0.25, 0.3) is 23.6 Å². The van der Waals surface area contributed by atoms with Crippen molar-refractivity contribution in [1.29, 1.82) is 0 Å². The summed E-state index contributed by atoms with van der Waals surface area (Å²) in [5.74, 6) is -2.75. The molecule has 0 atom stereocenters. The molecule has 0 aromatic heterocycles. The second-order valence-electron chi connectivity index (χ2n) is 11.0. The average molecular weight is 759 g/mol. The van der Waals surface area contributed by atoms with E-state index in [1.807, 2.05) is 0 Å². The number of unbranched alkanes of at least 4 members (excludes halogenated alkanes) is 4. The van der Waals surface area contributed by atoms with Crippen LogP contribution in [0.4, 0.5) is 0 Å². The molecular formula is C32H34N6O8S4. The van der Waals surface area contributed by atoms with Crippen molar-refractivity contribution in [2.45, 2.75) is 51.4 Å². The zero-order valence-corrected chi connectivity index (χ0v) is 29.8. The molecule has 0 unspecified atom stereocenters. The number of hydrogen-bond donors (Lipinski definition) is 6. The predicted molar refractivity (Wildman–Crippen MR) is 195 cm³/mol. The Hall–Kier alpha value is -4.52. The topological polar surface area (TPSA) is 197 Å². The van der Waals surface area contributed by atoms with Crippen LogP contribution in [-0.2, 0) is 19.2 Å². The summed E-state index contributed by atoms with van der Waals surface area (Å²) in [7, 11) is 0. The van der Waals surface area contributed by atoms with Gasteiger partial charge in [0.2, 0.25) is 11.8 Å². The lowest BCUT2D eigenvalue weighted by molar-refractivity contribution is -0.124. The number of phenolic OH excluding ortho intramolecular Hbond substituents is 2. The van der Waals surface area contributed by atoms with Crippen molar-refractivity contribution >= 4 is 92.0 Å². The van der Waals surface area contributed by atoms with E-state index >= 15 is 0 Å². The minimum absolute atomic E-state index is 0.0664. The van der Waals surface area contributed by atoms with Crippen molar-refractivity contribution in [2.75, 3.05) is 13.1 Å². The monoisotopic (exact) mass is 758 g/mol. The van der Waals surface area contributed by atoms with Crippen molar-refractivity contribution in [2.24, 2.45) is 0 Å². The number of rotatable bonds is 14. The third-order valence-electron chi connectivity index (χ3n) is 7.32. The Labute approximate surface area is 306 Å². The van der Waals surface area contributed by atoms with Gasteiger partial charge >= 0.3 is 0 Å². The van der Waals surface area contributed by atoms with E-state index in [9.17, 15) is 39.0 Å². The number of benzene rings is 2. The summed E-state index contributed by atoms with van der Waals surface area (Å²) in [5, 5.41) is 19.0. The van der Waals surface area contributed by atoms with E-state index in [-0.39, 0.29) is 68.9 Å². The standard InChI is InChI=1S/C32H34N6O8S4/c39-21-11-7-9-19(17-21)27(43)35-33-23(41)13-3-1-5-15-37-29(45)25(49-31(37)47)26-30(46)38(32(48)50-26)16-6-2-4-14-24(42)34-36-28(44)20-10-8-12-22(40)18-20/h7-12,17-18,39-40H,1-6,13-16H2,(H,33,41)(H,34,42)(H,35,43)(H,36,44). The summed E-state index contributed by atoms with van der Waals surface area (Å²) in [6.45, 7) is 0.634. The molecule has 50 heavy (non-hydrogen) atoms. The summed E-state index contributed by atoms with van der Waals surface area (Å²) < 4.78 is 0.665. The van der Waals surface area contributed by atoms with Gasteiger partial charge in [-0.15, -0.1) is 0 Å². The molecule has 0 spiro atoms. The van der Waals surface area contributed by atoms with Gasteiger partial charge in [-0.2, -0.15) is 0 Å². The molecule has 2 aromatic carbocycles. The highest BCUT2D eigenvalue weighted by Gasteiger charge is 2.41. The third kappa shape index (κ3) is 10.7. The number of carbonyl (C=O) groups is 6. The van der Waals surface area contributed by atoms with Crippen LogP contribution in [0, 0.1) is 0 Å². The molecule has 264 valence electrons. The predicted octanol–water partition coefficient (Wildman–Crippen LogP) is 3.37. The van der Waals surface area contributed by atoms with Gasteiger partial charge < -0.3 is 10.2 Å². The summed E-state index contributed by atoms with van der Waals surface area (Å²) in [5.41, 5.74) is 9.66. The molecule has 2 heterocycles. The van der Waals surface area contributed by atoms with Crippen LogP contribution in [0.3, 0.4) is 0 Å². The Kier molecular flexibility index (Phi) is 14.1. The molecule has 4 rings (SSSR count). The van der Waals surface area contributed by atoms with E-state index in [1.54, 1.807) is 0 Å². The molecular weight excluding hydrogens is 725 g/mol. The Morgan fingerprint density at radius 2 is 1.00 bits per heavy atom. The number of nitrogens with one attached hydrogen (secondary N) is 4. The number of nitrogens with zero attached hydrogens (tertiary/aromatic N) is 2. The van der Waals surface area contributed by atoms with Crippen LogP contribution in [0.5, 0.6) is 11.5 Å². The highest BCUT2D eigenvalue weighted by atomic mass is 32.2. The van der Waals surface area contributed by atoms with Gasteiger partial charge in [0, 0.05) is 37.1 Å². The lowest BCUT2D eigenvalue weighted by atomic mass is 10.2. The molecule has 2 saturated heterocycles. The van der Waals surface area contributed by atoms with Crippen molar-refractivity contribution in [3.05, 3.63) is 69.5 Å². The number of carbonyl (C=O) groups excluding carboxylic acids is 6. The van der Waals surface area contributed by atoms with Gasteiger partial charge in [-0.25, -0.2) is 0 Å². The van der Waals surface area contributed by atoms with Gasteiger partial charge in [0.1, 0.15) is 20.1 Å². The van der Waals surface area contributed by atoms with Gasteiger partial charge in [-0.05, 0) is 62.1 Å². The van der Waals surface area contributed by atoms with E-state index in [0.29, 0.717) is 60.3 Å². The summed E-state index contributed by atoms with van der Waals surface area (Å²) >= 11 is 13.0. The summed E-state index contributed by atoms with van der Waals surface area (Å²) in [6, 6.07) is 11.4. The first kappa shape index (κ1) is 38.3. The second kappa shape index (κ2) is 18.5. The maximum atomic E-state index is 13.2. The van der Waals surface area contributed by atoms with Crippen LogP contribution in [-0.4, -0.2) is 77.2 Å². The Morgan fingerprint density at radius 1 is 0.600 bits per heavy atom. The fourth-order valence-corrected chi connectivity index (χ4v) is 7.51. The van der Waals surface area contributed by atoms with E-state index in [4.69, 9.17) is 24.4 Å². The van der Waals surface area contributed by atoms with Gasteiger partial charge in [-0.3, -0.25) is 60.3 Å². The van der Waals surface area contributed by atoms with Gasteiger partial charge in [-0.1, -0.05) is 72.9 Å². The quantitative estimate of drug-likeness (QED) is 0.0713. The third-order valence-corrected chi connectivity index (χ3v) is 10.3. The molecule has 2 aliphatic rings. The first-order chi connectivity index (χ1) is 23.9. The van der Waals surface area contributed by atoms with Crippen LogP contribution in [0.25, 0.3) is 0 Å². The SMILES string of the molecule is O=C(CCCCCN1C(=O)C(=C2SC(=S)N(CCCCCC(=O)NNC(=O)c3cccc(O)c3)C2=O)SC1=S)NNC(=O)c1cccc(O)c1. The number of thioether (sulfide) groups is 2. The largest absolute Gasteiger partial charge is 0.508 e. The molecule has 0 aliphatic carbocycles. The maximum absolute atomic E-state index is 13.2. The zero-order valence-electron chi connectivity index (χ0n) is 26.6. The maximum Gasteiger partial charge on any atom is 0.269 e. The molecule has 14 nitrogen and oxygen atoms in total. The number of hydrazine groups is 2. The molecule has 18 heteroatoms. The van der Waals surface area contributed by atoms with Crippen LogP contribution in [0.1, 0.15) is 72.1 Å². The smallest absolute Gasteiger partial charge is 0.269 e. The lowest BCUT2D eigenvalue weighted by Crippen LogP contribution is -2.41. The molecule has 0 saturated carbocycles. The first-order valence-corrected chi connectivity index (χ1v) is 18.0. The Morgan fingerprint density at radius 3 is 1.38 bits per heavy atom.